The van der Waals surface area contributed by atoms with Crippen LogP contribution in [0.1, 0.15) is 17.4 Å². The first kappa shape index (κ1) is 12.2. The van der Waals surface area contributed by atoms with Gasteiger partial charge in [-0.05, 0) is 6.92 Å². The second kappa shape index (κ2) is 5.29. The molecule has 0 unspecified atom stereocenters. The van der Waals surface area contributed by atoms with Gasteiger partial charge in [0.15, 0.2) is 11.5 Å². The largest absolute Gasteiger partial charge is 0.354 e. The smallest absolute Gasteiger partial charge is 0.271 e. The van der Waals surface area contributed by atoms with Crippen LogP contribution in [0.15, 0.2) is 6.33 Å². The Kier molecular flexibility index (Phi) is 4.04. The second-order valence-corrected chi connectivity index (χ2v) is 3.33. The monoisotopic (exact) mass is 224 g/mol. The van der Waals surface area contributed by atoms with Crippen molar-refractivity contribution >= 4 is 18.0 Å². The molecule has 0 saturated carbocycles. The van der Waals surface area contributed by atoms with Crippen LogP contribution in [0.25, 0.3) is 0 Å². The number of rotatable bonds is 5. The molecule has 88 valence electrons. The lowest BCUT2D eigenvalue weighted by molar-refractivity contribution is -0.106. The van der Waals surface area contributed by atoms with Gasteiger partial charge >= 0.3 is 0 Å². The summed E-state index contributed by atoms with van der Waals surface area (Å²) in [6.45, 7) is 2.80. The van der Waals surface area contributed by atoms with Crippen molar-refractivity contribution in [1.29, 1.82) is 0 Å². The number of hydrogen-bond donors (Lipinski definition) is 1. The lowest BCUT2D eigenvalue weighted by Crippen LogP contribution is -2.27. The summed E-state index contributed by atoms with van der Waals surface area (Å²) in [6, 6.07) is 0. The SMILES string of the molecule is CCn1cnc(N(C)CC=O)c1C(=O)NC. The molecule has 6 heteroatoms. The highest BCUT2D eigenvalue weighted by Gasteiger charge is 2.19. The second-order valence-electron chi connectivity index (χ2n) is 3.33. The summed E-state index contributed by atoms with van der Waals surface area (Å²) in [5.41, 5.74) is 0.481. The predicted molar refractivity (Wildman–Crippen MR) is 60.6 cm³/mol. The fourth-order valence-corrected chi connectivity index (χ4v) is 1.44. The number of hydrogen-bond acceptors (Lipinski definition) is 4. The molecular weight excluding hydrogens is 208 g/mol. The quantitative estimate of drug-likeness (QED) is 0.709. The van der Waals surface area contributed by atoms with Crippen molar-refractivity contribution in [2.24, 2.45) is 0 Å². The summed E-state index contributed by atoms with van der Waals surface area (Å²) in [7, 11) is 3.29. The van der Waals surface area contributed by atoms with Gasteiger partial charge < -0.3 is 19.6 Å². The minimum absolute atomic E-state index is 0.202. The molecule has 0 fully saturated rings. The zero-order valence-electron chi connectivity index (χ0n) is 9.73. The Balaban J connectivity index is 3.13. The van der Waals surface area contributed by atoms with Crippen molar-refractivity contribution in [3.63, 3.8) is 0 Å². The minimum atomic E-state index is -0.202. The van der Waals surface area contributed by atoms with Gasteiger partial charge in [-0.2, -0.15) is 0 Å². The average molecular weight is 224 g/mol. The number of nitrogens with zero attached hydrogens (tertiary/aromatic N) is 3. The predicted octanol–water partition coefficient (Wildman–Crippen LogP) is -0.102. The molecule has 0 saturated heterocycles. The third-order valence-electron chi connectivity index (χ3n) is 2.31. The minimum Gasteiger partial charge on any atom is -0.354 e. The molecule has 0 aliphatic heterocycles. The van der Waals surface area contributed by atoms with Gasteiger partial charge in [0.1, 0.15) is 6.29 Å². The van der Waals surface area contributed by atoms with Crippen molar-refractivity contribution in [3.05, 3.63) is 12.0 Å². The van der Waals surface area contributed by atoms with Crippen molar-refractivity contribution in [3.8, 4) is 0 Å². The van der Waals surface area contributed by atoms with Crippen molar-refractivity contribution in [1.82, 2.24) is 14.9 Å². The van der Waals surface area contributed by atoms with Crippen LogP contribution in [0.3, 0.4) is 0 Å². The number of imidazole rings is 1. The van der Waals surface area contributed by atoms with Gasteiger partial charge in [-0.1, -0.05) is 0 Å². The first-order chi connectivity index (χ1) is 7.65. The number of amides is 1. The van der Waals surface area contributed by atoms with Gasteiger partial charge in [-0.25, -0.2) is 4.98 Å². The van der Waals surface area contributed by atoms with E-state index >= 15 is 0 Å². The molecule has 1 N–H and O–H groups in total. The van der Waals surface area contributed by atoms with Crippen molar-refractivity contribution in [2.45, 2.75) is 13.5 Å². The summed E-state index contributed by atoms with van der Waals surface area (Å²) in [4.78, 5) is 27.9. The molecule has 1 amide bonds. The molecular formula is C10H16N4O2. The number of anilines is 1. The van der Waals surface area contributed by atoms with E-state index in [9.17, 15) is 9.59 Å². The van der Waals surface area contributed by atoms with E-state index in [1.54, 1.807) is 29.9 Å². The van der Waals surface area contributed by atoms with E-state index < -0.39 is 0 Å². The molecule has 1 rings (SSSR count). The number of likely N-dealkylation sites (N-methyl/N-ethyl adjacent to an activating group) is 1. The molecule has 1 aromatic rings. The molecule has 1 aromatic heterocycles. The molecule has 6 nitrogen and oxygen atoms in total. The van der Waals surface area contributed by atoms with Crippen LogP contribution < -0.4 is 10.2 Å². The summed E-state index contributed by atoms with van der Waals surface area (Å²) < 4.78 is 1.75. The number of aryl methyl sites for hydroxylation is 1. The Labute approximate surface area is 94.3 Å². The molecule has 0 aliphatic rings. The third-order valence-corrected chi connectivity index (χ3v) is 2.31. The summed E-state index contributed by atoms with van der Waals surface area (Å²) in [5, 5.41) is 2.56. The lowest BCUT2D eigenvalue weighted by atomic mass is 10.3. The van der Waals surface area contributed by atoms with Crippen LogP contribution in [-0.2, 0) is 11.3 Å². The van der Waals surface area contributed by atoms with Gasteiger partial charge in [0.25, 0.3) is 5.91 Å². The normalized spacial score (nSPS) is 9.94. The van der Waals surface area contributed by atoms with E-state index in [0.29, 0.717) is 18.1 Å². The fraction of sp³-hybridized carbons (Fsp3) is 0.500. The van der Waals surface area contributed by atoms with Crippen molar-refractivity contribution in [2.75, 3.05) is 25.5 Å². The summed E-state index contributed by atoms with van der Waals surface area (Å²) in [6.07, 6.45) is 2.37. The lowest BCUT2D eigenvalue weighted by Gasteiger charge is -2.15. The first-order valence-corrected chi connectivity index (χ1v) is 5.07. The zero-order valence-corrected chi connectivity index (χ0v) is 9.73. The van der Waals surface area contributed by atoms with E-state index in [0.717, 1.165) is 6.29 Å². The van der Waals surface area contributed by atoms with Crippen LogP contribution in [0.4, 0.5) is 5.82 Å². The first-order valence-electron chi connectivity index (χ1n) is 5.07. The molecule has 0 atom stereocenters. The van der Waals surface area contributed by atoms with Crippen LogP contribution in [-0.4, -0.2) is 42.4 Å². The Bertz CT molecular complexity index is 386. The van der Waals surface area contributed by atoms with E-state index in [1.165, 1.54) is 0 Å². The Morgan fingerprint density at radius 3 is 2.88 bits per heavy atom. The molecule has 0 aliphatic carbocycles. The Morgan fingerprint density at radius 1 is 1.69 bits per heavy atom. The highest BCUT2D eigenvalue weighted by atomic mass is 16.2. The Morgan fingerprint density at radius 2 is 2.38 bits per heavy atom. The standard InChI is InChI=1S/C10H16N4O2/c1-4-14-7-12-9(13(3)5-6-15)8(14)10(16)11-2/h6-7H,4-5H2,1-3H3,(H,11,16). The summed E-state index contributed by atoms with van der Waals surface area (Å²) >= 11 is 0. The number of aromatic nitrogens is 2. The van der Waals surface area contributed by atoms with Crippen LogP contribution in [0.2, 0.25) is 0 Å². The third kappa shape index (κ3) is 2.21. The van der Waals surface area contributed by atoms with Gasteiger partial charge in [-0.15, -0.1) is 0 Å². The van der Waals surface area contributed by atoms with Crippen LogP contribution in [0.5, 0.6) is 0 Å². The number of carbonyl (C=O) groups excluding carboxylic acids is 2. The van der Waals surface area contributed by atoms with Gasteiger partial charge in [0.05, 0.1) is 12.9 Å². The molecule has 0 bridgehead atoms. The van der Waals surface area contributed by atoms with Crippen molar-refractivity contribution < 1.29 is 9.59 Å². The van der Waals surface area contributed by atoms with E-state index in [-0.39, 0.29) is 12.5 Å². The maximum absolute atomic E-state index is 11.7. The zero-order chi connectivity index (χ0) is 12.1. The van der Waals surface area contributed by atoms with Crippen LogP contribution >= 0.6 is 0 Å². The molecule has 0 aromatic carbocycles. The van der Waals surface area contributed by atoms with Gasteiger partial charge in [0, 0.05) is 20.6 Å². The fourth-order valence-electron chi connectivity index (χ4n) is 1.44. The average Bonchev–Trinajstić information content (AvgIpc) is 2.71. The van der Waals surface area contributed by atoms with Gasteiger partial charge in [0.2, 0.25) is 0 Å². The van der Waals surface area contributed by atoms with E-state index in [4.69, 9.17) is 0 Å². The maximum atomic E-state index is 11.7. The molecule has 0 radical (unpaired) electrons. The number of carbonyl (C=O) groups is 2. The van der Waals surface area contributed by atoms with E-state index in [1.807, 2.05) is 6.92 Å². The van der Waals surface area contributed by atoms with Gasteiger partial charge in [-0.3, -0.25) is 4.79 Å². The number of aldehydes is 1. The topological polar surface area (TPSA) is 67.2 Å². The summed E-state index contributed by atoms with van der Waals surface area (Å²) in [5.74, 6) is 0.320. The highest BCUT2D eigenvalue weighted by molar-refractivity contribution is 5.97. The molecule has 1 heterocycles. The Hall–Kier alpha value is -1.85. The van der Waals surface area contributed by atoms with E-state index in [2.05, 4.69) is 10.3 Å². The molecule has 0 spiro atoms. The highest BCUT2D eigenvalue weighted by Crippen LogP contribution is 2.16. The molecule has 16 heavy (non-hydrogen) atoms. The van der Waals surface area contributed by atoms with Crippen LogP contribution in [0, 0.1) is 0 Å². The number of nitrogens with one attached hydrogen (secondary N) is 1. The maximum Gasteiger partial charge on any atom is 0.271 e.